The van der Waals surface area contributed by atoms with Gasteiger partial charge in [0.15, 0.2) is 16.5 Å². The summed E-state index contributed by atoms with van der Waals surface area (Å²) < 4.78 is 32.8. The number of aromatic carboxylic acids is 1. The molecule has 0 aliphatic heterocycles. The summed E-state index contributed by atoms with van der Waals surface area (Å²) in [6, 6.07) is 11.9. The number of aryl methyl sites for hydroxylation is 1. The third-order valence-electron chi connectivity index (χ3n) is 4.71. The summed E-state index contributed by atoms with van der Waals surface area (Å²) in [7, 11) is -1.79. The van der Waals surface area contributed by atoms with Crippen LogP contribution in [-0.4, -0.2) is 47.7 Å². The monoisotopic (exact) mass is 529 g/mol. The minimum absolute atomic E-state index is 0.162. The van der Waals surface area contributed by atoms with Gasteiger partial charge in [0.05, 0.1) is 25.4 Å². The van der Waals surface area contributed by atoms with Crippen molar-refractivity contribution in [2.24, 2.45) is 17.3 Å². The molecule has 15 heteroatoms. The van der Waals surface area contributed by atoms with Crippen molar-refractivity contribution in [2.75, 3.05) is 18.6 Å². The normalized spacial score (nSPS) is 11.3. The predicted octanol–water partition coefficient (Wildman–Crippen LogP) is 3.18. The van der Waals surface area contributed by atoms with Crippen LogP contribution in [0.1, 0.15) is 17.3 Å². The van der Waals surface area contributed by atoms with Gasteiger partial charge in [-0.05, 0) is 60.7 Å². The lowest BCUT2D eigenvalue weighted by Crippen LogP contribution is -2.26. The summed E-state index contributed by atoms with van der Waals surface area (Å²) in [4.78, 5) is 22.6. The quantitative estimate of drug-likeness (QED) is 0.0971. The van der Waals surface area contributed by atoms with Gasteiger partial charge >= 0.3 is 16.7 Å². The summed E-state index contributed by atoms with van der Waals surface area (Å²) in [6.45, 7) is 2.50. The zero-order chi connectivity index (χ0) is 26.5. The third kappa shape index (κ3) is 6.31. The number of aromatic nitrogens is 3. The van der Waals surface area contributed by atoms with Crippen molar-refractivity contribution in [1.29, 1.82) is 5.26 Å². The van der Waals surface area contributed by atoms with E-state index in [1.54, 1.807) is 27.7 Å². The van der Waals surface area contributed by atoms with E-state index in [-0.39, 0.29) is 5.56 Å². The molecule has 2 aromatic heterocycles. The average Bonchev–Trinajstić information content (AvgIpc) is 3.16. The molecule has 0 saturated carbocycles. The molecule has 4 rings (SSSR count). The van der Waals surface area contributed by atoms with Crippen LogP contribution in [0, 0.1) is 11.5 Å². The first-order valence-corrected chi connectivity index (χ1v) is 12.3. The molecule has 186 valence electrons. The van der Waals surface area contributed by atoms with Crippen LogP contribution in [-0.2, 0) is 21.6 Å². The Balaban J connectivity index is 0.000000538. The number of azo groups is 1. The van der Waals surface area contributed by atoms with Gasteiger partial charge in [0.1, 0.15) is 11.2 Å². The Labute approximate surface area is 209 Å². The molecular formula is C21H19N7O6S2. The molecule has 0 bridgehead atoms. The number of hydrogen-bond donors (Lipinski definition) is 1. The summed E-state index contributed by atoms with van der Waals surface area (Å²) in [5.74, 6) is -1.01. The minimum atomic E-state index is -4.41. The van der Waals surface area contributed by atoms with Crippen molar-refractivity contribution in [1.82, 2.24) is 9.97 Å². The van der Waals surface area contributed by atoms with Gasteiger partial charge in [-0.1, -0.05) is 10.1 Å². The first-order valence-electron chi connectivity index (χ1n) is 10.1. The van der Waals surface area contributed by atoms with Gasteiger partial charge in [-0.25, -0.2) is 22.8 Å². The summed E-state index contributed by atoms with van der Waals surface area (Å²) >= 11 is 1.35. The van der Waals surface area contributed by atoms with Crippen molar-refractivity contribution in [2.45, 2.75) is 6.92 Å². The topological polar surface area (TPSA) is 185 Å². The van der Waals surface area contributed by atoms with Gasteiger partial charge in [-0.2, -0.15) is 5.26 Å². The number of carbonyl (C=O) groups is 1. The average molecular weight is 530 g/mol. The van der Waals surface area contributed by atoms with E-state index in [0.29, 0.717) is 38.9 Å². The van der Waals surface area contributed by atoms with Gasteiger partial charge in [0.2, 0.25) is 10.4 Å². The minimum Gasteiger partial charge on any atom is -0.726 e. The van der Waals surface area contributed by atoms with Crippen molar-refractivity contribution < 1.29 is 31.6 Å². The largest absolute Gasteiger partial charge is 0.726 e. The van der Waals surface area contributed by atoms with Crippen molar-refractivity contribution in [3.63, 3.8) is 0 Å². The molecule has 0 aliphatic carbocycles. The number of fused-ring (bicyclic) bond motifs is 2. The van der Waals surface area contributed by atoms with E-state index in [0.717, 1.165) is 12.8 Å². The van der Waals surface area contributed by atoms with Crippen LogP contribution in [0.25, 0.3) is 21.5 Å². The predicted molar refractivity (Wildman–Crippen MR) is 129 cm³/mol. The Morgan fingerprint density at radius 3 is 2.44 bits per heavy atom. The second kappa shape index (κ2) is 11.1. The molecule has 0 aliphatic rings. The number of rotatable bonds is 6. The van der Waals surface area contributed by atoms with Gasteiger partial charge in [0, 0.05) is 11.7 Å². The van der Waals surface area contributed by atoms with Gasteiger partial charge in [-0.15, -0.1) is 0 Å². The van der Waals surface area contributed by atoms with Gasteiger partial charge in [-0.3, -0.25) is 9.08 Å². The lowest BCUT2D eigenvalue weighted by atomic mass is 10.2. The van der Waals surface area contributed by atoms with Crippen LogP contribution < -0.4 is 9.47 Å². The molecule has 0 spiro atoms. The number of benzene rings is 2. The molecule has 0 unspecified atom stereocenters. The fourth-order valence-electron chi connectivity index (χ4n) is 2.89. The zero-order valence-corrected chi connectivity index (χ0v) is 20.8. The number of thiazole rings is 1. The van der Waals surface area contributed by atoms with Crippen LogP contribution >= 0.6 is 11.3 Å². The zero-order valence-electron chi connectivity index (χ0n) is 19.2. The van der Waals surface area contributed by atoms with Crippen LogP contribution in [0.5, 0.6) is 0 Å². The molecule has 0 amide bonds. The van der Waals surface area contributed by atoms with Gasteiger partial charge < -0.3 is 9.66 Å². The summed E-state index contributed by atoms with van der Waals surface area (Å²) in [6.07, 6.45) is 2.12. The van der Waals surface area contributed by atoms with Crippen LogP contribution in [0.3, 0.4) is 0 Å². The highest BCUT2D eigenvalue weighted by Gasteiger charge is 2.20. The number of nitrogens with zero attached hydrogens (tertiary/aromatic N) is 7. The molecule has 13 nitrogen and oxygen atoms in total. The maximum Gasteiger partial charge on any atom is 0.347 e. The molecule has 0 fully saturated rings. The molecule has 0 atom stereocenters. The Morgan fingerprint density at radius 2 is 1.89 bits per heavy atom. The fourth-order valence-corrected chi connectivity index (χ4v) is 3.79. The van der Waals surface area contributed by atoms with E-state index < -0.39 is 16.4 Å². The number of carboxylic acid groups (broad SMARTS) is 1. The molecule has 36 heavy (non-hydrogen) atoms. The first-order chi connectivity index (χ1) is 17.1. The molecule has 2 aromatic carbocycles. The summed E-state index contributed by atoms with van der Waals surface area (Å²) in [5, 5.41) is 27.5. The van der Waals surface area contributed by atoms with Gasteiger partial charge in [0.25, 0.3) is 0 Å². The highest BCUT2D eigenvalue weighted by molar-refractivity contribution is 7.80. The molecule has 0 radical (unpaired) electrons. The first kappa shape index (κ1) is 26.5. The van der Waals surface area contributed by atoms with E-state index >= 15 is 0 Å². The number of nitriles is 1. The second-order valence-corrected chi connectivity index (χ2v) is 9.05. The molecule has 2 heterocycles. The number of anilines is 1. The van der Waals surface area contributed by atoms with E-state index in [1.807, 2.05) is 26.1 Å². The van der Waals surface area contributed by atoms with E-state index in [2.05, 4.69) is 30.6 Å². The fraction of sp³-hybridized carbons (Fsp3) is 0.190. The lowest BCUT2D eigenvalue weighted by molar-refractivity contribution is -0.629. The highest BCUT2D eigenvalue weighted by Crippen LogP contribution is 2.27. The Hall–Kier alpha value is -4.10. The maximum absolute atomic E-state index is 11.2. The summed E-state index contributed by atoms with van der Waals surface area (Å²) in [5.41, 5.74) is 3.34. The second-order valence-electron chi connectivity index (χ2n) is 6.94. The number of hydrogen-bond acceptors (Lipinski definition) is 12. The van der Waals surface area contributed by atoms with E-state index in [4.69, 9.17) is 5.26 Å². The van der Waals surface area contributed by atoms with E-state index in [1.165, 1.54) is 23.5 Å². The van der Waals surface area contributed by atoms with Crippen LogP contribution in [0.4, 0.5) is 16.5 Å². The SMILES string of the molecule is CCN(C#N)c1ccc(/N=N/c2sc3nc4ccc(C(=O)O)cc4nc3[n+]2C)cc1.COS(=O)(=O)[O-]. The maximum atomic E-state index is 11.2. The van der Waals surface area contributed by atoms with Crippen molar-refractivity contribution in [3.8, 4) is 6.19 Å². The number of carboxylic acids is 1. The standard InChI is InChI=1S/C20H15N7O2S.CH4O4S/c1-3-27(11-21)14-7-5-13(6-8-14)24-25-20-26(2)17-18(30-20)23-15-9-4-12(19(28)29)10-16(15)22-17;1-5-6(2,3)4/h4-10H,3H2,1-2H3;1H3,(H,2,3,4). The molecular weight excluding hydrogens is 510 g/mol. The van der Waals surface area contributed by atoms with E-state index in [9.17, 15) is 22.9 Å². The molecule has 4 aromatic rings. The molecule has 0 saturated heterocycles. The highest BCUT2D eigenvalue weighted by atomic mass is 32.3. The Bertz CT molecular complexity index is 1600. The van der Waals surface area contributed by atoms with Crippen LogP contribution in [0.15, 0.2) is 52.7 Å². The lowest BCUT2D eigenvalue weighted by Gasteiger charge is -2.11. The van der Waals surface area contributed by atoms with Crippen LogP contribution in [0.2, 0.25) is 0 Å². The Kier molecular flexibility index (Phi) is 8.17. The van der Waals surface area contributed by atoms with Crippen molar-refractivity contribution >= 4 is 65.7 Å². The molecule has 1 N–H and O–H groups in total. The van der Waals surface area contributed by atoms with Crippen molar-refractivity contribution in [3.05, 3.63) is 48.0 Å². The smallest absolute Gasteiger partial charge is 0.347 e. The third-order valence-corrected chi connectivity index (χ3v) is 6.12. The Morgan fingerprint density at radius 1 is 1.22 bits per heavy atom.